The van der Waals surface area contributed by atoms with Gasteiger partial charge in [-0.3, -0.25) is 4.79 Å². The minimum atomic E-state index is 0.0126. The molecule has 0 saturated heterocycles. The van der Waals surface area contributed by atoms with Crippen LogP contribution in [-0.2, 0) is 6.61 Å². The zero-order chi connectivity index (χ0) is 14.4. The molecule has 1 atom stereocenters. The lowest BCUT2D eigenvalue weighted by molar-refractivity contribution is 0.0934. The molecule has 0 aliphatic heterocycles. The Morgan fingerprint density at radius 1 is 1.25 bits per heavy atom. The average molecular weight is 267 g/mol. The van der Waals surface area contributed by atoms with Crippen molar-refractivity contribution in [3.63, 3.8) is 0 Å². The molecule has 0 fully saturated rings. The lowest BCUT2D eigenvalue weighted by atomic mass is 9.88. The number of rotatable bonds is 6. The van der Waals surface area contributed by atoms with Gasteiger partial charge in [-0.2, -0.15) is 0 Å². The topological polar surface area (TPSA) is 39.2 Å². The first-order chi connectivity index (χ1) is 9.70. The number of aromatic nitrogens is 1. The second kappa shape index (κ2) is 6.89. The third kappa shape index (κ3) is 3.70. The summed E-state index contributed by atoms with van der Waals surface area (Å²) in [7, 11) is 2.00. The Bertz CT molecular complexity index is 554. The number of benzene rings is 1. The van der Waals surface area contributed by atoms with Crippen LogP contribution in [0.2, 0.25) is 6.32 Å². The summed E-state index contributed by atoms with van der Waals surface area (Å²) in [5, 5.41) is 0. The highest BCUT2D eigenvalue weighted by Gasteiger charge is 2.14. The van der Waals surface area contributed by atoms with Crippen molar-refractivity contribution in [3.05, 3.63) is 59.9 Å². The van der Waals surface area contributed by atoms with Crippen LogP contribution in [-0.4, -0.2) is 18.6 Å². The highest BCUT2D eigenvalue weighted by molar-refractivity contribution is 6.11. The summed E-state index contributed by atoms with van der Waals surface area (Å²) >= 11 is 0. The van der Waals surface area contributed by atoms with Gasteiger partial charge in [0, 0.05) is 5.92 Å². The van der Waals surface area contributed by atoms with Crippen molar-refractivity contribution in [3.8, 4) is 5.75 Å². The van der Waals surface area contributed by atoms with Gasteiger partial charge >= 0.3 is 0 Å². The monoisotopic (exact) mass is 267 g/mol. The molecular weight excluding hydrogens is 249 g/mol. The van der Waals surface area contributed by atoms with E-state index in [4.69, 9.17) is 4.74 Å². The smallest absolute Gasteiger partial charge is 0.183 e. The van der Waals surface area contributed by atoms with E-state index >= 15 is 0 Å². The van der Waals surface area contributed by atoms with Gasteiger partial charge < -0.3 is 4.74 Å². The molecular formula is C16H18BNO2. The Hall–Kier alpha value is -2.10. The normalized spacial score (nSPS) is 11.8. The molecule has 0 amide bonds. The first-order valence-corrected chi connectivity index (χ1v) is 6.87. The van der Waals surface area contributed by atoms with Crippen molar-refractivity contribution in [2.75, 3.05) is 0 Å². The van der Waals surface area contributed by atoms with E-state index in [0.29, 0.717) is 18.1 Å². The number of nitrogens with zero attached hydrogens (tertiary/aromatic N) is 1. The first-order valence-electron chi connectivity index (χ1n) is 6.87. The molecule has 0 aliphatic rings. The Morgan fingerprint density at radius 2 is 2.00 bits per heavy atom. The summed E-state index contributed by atoms with van der Waals surface area (Å²) in [6.07, 6.45) is 2.44. The molecule has 1 heterocycles. The van der Waals surface area contributed by atoms with Crippen molar-refractivity contribution in [1.82, 2.24) is 4.98 Å². The third-order valence-corrected chi connectivity index (χ3v) is 3.30. The molecule has 0 spiro atoms. The van der Waals surface area contributed by atoms with Gasteiger partial charge in [-0.1, -0.05) is 43.6 Å². The molecule has 2 rings (SSSR count). The molecule has 1 aromatic heterocycles. The molecule has 3 nitrogen and oxygen atoms in total. The van der Waals surface area contributed by atoms with Gasteiger partial charge in [0.25, 0.3) is 0 Å². The second-order valence-corrected chi connectivity index (χ2v) is 4.83. The van der Waals surface area contributed by atoms with Crippen LogP contribution in [0, 0.1) is 5.92 Å². The van der Waals surface area contributed by atoms with E-state index in [0.717, 1.165) is 11.9 Å². The molecule has 0 bridgehead atoms. The van der Waals surface area contributed by atoms with E-state index in [1.807, 2.05) is 45.1 Å². The van der Waals surface area contributed by atoms with Crippen LogP contribution in [0.1, 0.15) is 23.0 Å². The summed E-state index contributed by atoms with van der Waals surface area (Å²) in [4.78, 5) is 16.1. The van der Waals surface area contributed by atoms with Crippen molar-refractivity contribution in [2.24, 2.45) is 5.92 Å². The van der Waals surface area contributed by atoms with Crippen molar-refractivity contribution in [2.45, 2.75) is 19.9 Å². The van der Waals surface area contributed by atoms with Crippen LogP contribution < -0.4 is 4.74 Å². The Balaban J connectivity index is 1.96. The summed E-state index contributed by atoms with van der Waals surface area (Å²) < 4.78 is 5.64. The summed E-state index contributed by atoms with van der Waals surface area (Å²) in [6.45, 7) is 2.42. The second-order valence-electron chi connectivity index (χ2n) is 4.83. The van der Waals surface area contributed by atoms with Crippen LogP contribution in [0.4, 0.5) is 0 Å². The summed E-state index contributed by atoms with van der Waals surface area (Å²) in [5.74, 6) is 0.773. The number of carbonyl (C=O) groups excluding carboxylic acids is 1. The fourth-order valence-electron chi connectivity index (χ4n) is 1.79. The van der Waals surface area contributed by atoms with Gasteiger partial charge in [-0.15, -0.1) is 0 Å². The van der Waals surface area contributed by atoms with E-state index < -0.39 is 0 Å². The Morgan fingerprint density at radius 3 is 2.60 bits per heavy atom. The quantitative estimate of drug-likeness (QED) is 0.596. The molecule has 102 valence electrons. The molecule has 20 heavy (non-hydrogen) atoms. The minimum Gasteiger partial charge on any atom is -0.487 e. The van der Waals surface area contributed by atoms with Gasteiger partial charge in [-0.25, -0.2) is 4.98 Å². The SMILES string of the molecule is BCC(C)C(=O)c1ccc(OCc2ccccc2)cn1. The molecule has 1 unspecified atom stereocenters. The first kappa shape index (κ1) is 14.3. The van der Waals surface area contributed by atoms with E-state index in [-0.39, 0.29) is 11.7 Å². The number of ether oxygens (including phenoxy) is 1. The van der Waals surface area contributed by atoms with Gasteiger partial charge in [0.05, 0.1) is 6.20 Å². The predicted molar refractivity (Wildman–Crippen MR) is 81.9 cm³/mol. The van der Waals surface area contributed by atoms with E-state index in [1.165, 1.54) is 0 Å². The van der Waals surface area contributed by atoms with Gasteiger partial charge in [0.1, 0.15) is 25.9 Å². The third-order valence-electron chi connectivity index (χ3n) is 3.30. The number of pyridine rings is 1. The van der Waals surface area contributed by atoms with Crippen LogP contribution >= 0.6 is 0 Å². The molecule has 1 aromatic carbocycles. The number of hydrogen-bond acceptors (Lipinski definition) is 3. The van der Waals surface area contributed by atoms with Crippen LogP contribution in [0.15, 0.2) is 48.7 Å². The predicted octanol–water partition coefficient (Wildman–Crippen LogP) is 2.53. The summed E-state index contributed by atoms with van der Waals surface area (Å²) in [6, 6.07) is 13.5. The highest BCUT2D eigenvalue weighted by atomic mass is 16.5. The van der Waals surface area contributed by atoms with Crippen LogP contribution in [0.5, 0.6) is 5.75 Å². The Kier molecular flexibility index (Phi) is 4.94. The van der Waals surface area contributed by atoms with Crippen LogP contribution in [0.3, 0.4) is 0 Å². The standard InChI is InChI=1S/C16H18BNO2/c1-12(9-17)16(19)15-8-7-14(10-18-15)20-11-13-5-3-2-4-6-13/h2-8,10,12H,9,11,17H2,1H3. The van der Waals surface area contributed by atoms with Crippen molar-refractivity contribution in [1.29, 1.82) is 0 Å². The maximum absolute atomic E-state index is 12.0. The molecule has 0 N–H and O–H groups in total. The Labute approximate surface area is 120 Å². The minimum absolute atomic E-state index is 0.0126. The van der Waals surface area contributed by atoms with Gasteiger partial charge in [-0.05, 0) is 17.7 Å². The molecule has 0 radical (unpaired) electrons. The zero-order valence-corrected chi connectivity index (χ0v) is 11.9. The van der Waals surface area contributed by atoms with E-state index in [9.17, 15) is 4.79 Å². The highest BCUT2D eigenvalue weighted by Crippen LogP contribution is 2.15. The van der Waals surface area contributed by atoms with E-state index in [2.05, 4.69) is 4.98 Å². The lowest BCUT2D eigenvalue weighted by Crippen LogP contribution is -2.12. The molecule has 4 heteroatoms. The maximum atomic E-state index is 12.0. The fourth-order valence-corrected chi connectivity index (χ4v) is 1.79. The average Bonchev–Trinajstić information content (AvgIpc) is 2.53. The lowest BCUT2D eigenvalue weighted by Gasteiger charge is -2.08. The summed E-state index contributed by atoms with van der Waals surface area (Å²) in [5.41, 5.74) is 1.61. The van der Waals surface area contributed by atoms with Gasteiger partial charge in [0.2, 0.25) is 0 Å². The molecule has 0 saturated carbocycles. The van der Waals surface area contributed by atoms with Gasteiger partial charge in [0.15, 0.2) is 5.78 Å². The van der Waals surface area contributed by atoms with Crippen molar-refractivity contribution >= 4 is 13.6 Å². The number of hydrogen-bond donors (Lipinski definition) is 0. The van der Waals surface area contributed by atoms with E-state index in [1.54, 1.807) is 18.3 Å². The number of ketones is 1. The molecule has 0 aliphatic carbocycles. The van der Waals surface area contributed by atoms with Crippen molar-refractivity contribution < 1.29 is 9.53 Å². The molecule has 2 aromatic rings. The largest absolute Gasteiger partial charge is 0.487 e. The number of carbonyl (C=O) groups is 1. The fraction of sp³-hybridized carbons (Fsp3) is 0.250. The maximum Gasteiger partial charge on any atom is 0.183 e. The van der Waals surface area contributed by atoms with Crippen LogP contribution in [0.25, 0.3) is 0 Å². The zero-order valence-electron chi connectivity index (χ0n) is 11.9. The number of Topliss-reactive ketones (excluding diaryl/α,β-unsaturated/α-hetero) is 1.